The quantitative estimate of drug-likeness (QED) is 0.428. The van der Waals surface area contributed by atoms with Crippen LogP contribution in [0.3, 0.4) is 0 Å². The van der Waals surface area contributed by atoms with E-state index in [1.54, 1.807) is 12.3 Å². The van der Waals surface area contributed by atoms with Gasteiger partial charge in [-0.15, -0.1) is 22.0 Å². The molecule has 0 saturated heterocycles. The molecule has 132 valence electrons. The van der Waals surface area contributed by atoms with Crippen LogP contribution < -0.4 is 0 Å². The molecule has 0 aliphatic rings. The molecule has 4 rings (SSSR count). The molecule has 2 aromatic heterocycles. The molecule has 0 aliphatic heterocycles. The van der Waals surface area contributed by atoms with Crippen LogP contribution in [0.25, 0.3) is 33.6 Å². The number of thioether (sulfide) groups is 1. The highest BCUT2D eigenvalue weighted by Crippen LogP contribution is 2.41. The summed E-state index contributed by atoms with van der Waals surface area (Å²) < 4.78 is 13.9. The molecule has 0 bridgehead atoms. The third-order valence-electron chi connectivity index (χ3n) is 4.22. The molecule has 0 atom stereocenters. The normalized spacial score (nSPS) is 10.7. The number of hydrogen-bond acceptors (Lipinski definition) is 4. The van der Waals surface area contributed by atoms with Gasteiger partial charge in [0.05, 0.1) is 5.69 Å². The van der Waals surface area contributed by atoms with Gasteiger partial charge in [-0.3, -0.25) is 4.98 Å². The molecule has 5 heteroatoms. The highest BCUT2D eigenvalue weighted by Gasteiger charge is 2.21. The average Bonchev–Trinajstić information content (AvgIpc) is 2.74. The second-order valence-corrected chi connectivity index (χ2v) is 6.69. The Balaban J connectivity index is 2.09. The topological polar surface area (TPSA) is 38.7 Å². The lowest BCUT2D eigenvalue weighted by Gasteiger charge is -2.16. The van der Waals surface area contributed by atoms with Crippen LogP contribution >= 0.6 is 11.8 Å². The average molecular weight is 373 g/mol. The van der Waals surface area contributed by atoms with Crippen LogP contribution in [0.15, 0.2) is 84.0 Å². The van der Waals surface area contributed by atoms with Crippen LogP contribution in [0.2, 0.25) is 0 Å². The monoisotopic (exact) mass is 373 g/mol. The molecule has 0 aliphatic carbocycles. The first-order valence-corrected chi connectivity index (χ1v) is 9.68. The van der Waals surface area contributed by atoms with Crippen molar-refractivity contribution >= 4 is 11.8 Å². The molecule has 27 heavy (non-hydrogen) atoms. The predicted molar refractivity (Wildman–Crippen MR) is 108 cm³/mol. The molecule has 3 nitrogen and oxygen atoms in total. The Labute approximate surface area is 161 Å². The van der Waals surface area contributed by atoms with Gasteiger partial charge < -0.3 is 0 Å². The van der Waals surface area contributed by atoms with Crippen LogP contribution in [0.1, 0.15) is 0 Å². The van der Waals surface area contributed by atoms with Crippen molar-refractivity contribution in [2.45, 2.75) is 5.03 Å². The van der Waals surface area contributed by atoms with Crippen LogP contribution in [0.4, 0.5) is 4.39 Å². The number of aromatic nitrogens is 3. The van der Waals surface area contributed by atoms with Crippen molar-refractivity contribution in [3.63, 3.8) is 0 Å². The minimum Gasteiger partial charge on any atom is -0.256 e. The number of hydrogen-bond donors (Lipinski definition) is 0. The van der Waals surface area contributed by atoms with Crippen molar-refractivity contribution in [2.75, 3.05) is 6.26 Å². The van der Waals surface area contributed by atoms with Gasteiger partial charge in [0.15, 0.2) is 0 Å². The van der Waals surface area contributed by atoms with Gasteiger partial charge in [0.25, 0.3) is 0 Å². The van der Waals surface area contributed by atoms with E-state index in [0.29, 0.717) is 11.3 Å². The minimum absolute atomic E-state index is 0.304. The fourth-order valence-electron chi connectivity index (χ4n) is 3.04. The second-order valence-electron chi connectivity index (χ2n) is 5.90. The molecule has 2 aromatic carbocycles. The minimum atomic E-state index is -0.304. The molecule has 0 unspecified atom stereocenters. The Morgan fingerprint density at radius 2 is 1.56 bits per heavy atom. The molecular formula is C22H16FN3S. The third-order valence-corrected chi connectivity index (χ3v) is 4.89. The summed E-state index contributed by atoms with van der Waals surface area (Å²) in [5.74, 6) is -0.304. The van der Waals surface area contributed by atoms with Crippen molar-refractivity contribution in [3.05, 3.63) is 84.8 Å². The smallest absolute Gasteiger partial charge is 0.129 e. The summed E-state index contributed by atoms with van der Waals surface area (Å²) >= 11 is 1.52. The lowest BCUT2D eigenvalue weighted by atomic mass is 9.94. The number of halogens is 1. The van der Waals surface area contributed by atoms with E-state index in [4.69, 9.17) is 0 Å². The first-order chi connectivity index (χ1) is 13.3. The van der Waals surface area contributed by atoms with E-state index >= 15 is 0 Å². The Morgan fingerprint density at radius 1 is 0.778 bits per heavy atom. The highest BCUT2D eigenvalue weighted by molar-refractivity contribution is 7.98. The van der Waals surface area contributed by atoms with Crippen LogP contribution in [0.5, 0.6) is 0 Å². The molecule has 0 saturated carbocycles. The molecule has 4 aromatic rings. The van der Waals surface area contributed by atoms with Gasteiger partial charge in [0.2, 0.25) is 0 Å². The Morgan fingerprint density at radius 3 is 2.26 bits per heavy atom. The fraction of sp³-hybridized carbons (Fsp3) is 0.0455. The maximum Gasteiger partial charge on any atom is 0.129 e. The third kappa shape index (κ3) is 3.46. The molecule has 0 spiro atoms. The van der Waals surface area contributed by atoms with E-state index in [9.17, 15) is 4.39 Å². The molecule has 0 amide bonds. The number of rotatable bonds is 4. The summed E-state index contributed by atoms with van der Waals surface area (Å²) in [5, 5.41) is 9.66. The van der Waals surface area contributed by atoms with Gasteiger partial charge in [-0.2, -0.15) is 0 Å². The Bertz CT molecular complexity index is 1070. The first-order valence-electron chi connectivity index (χ1n) is 8.45. The Kier molecular flexibility index (Phi) is 4.94. The van der Waals surface area contributed by atoms with Gasteiger partial charge in [-0.25, -0.2) is 4.39 Å². The predicted octanol–water partition coefficient (Wildman–Crippen LogP) is 5.73. The zero-order valence-corrected chi connectivity index (χ0v) is 15.4. The summed E-state index contributed by atoms with van der Waals surface area (Å²) in [4.78, 5) is 4.54. The van der Waals surface area contributed by atoms with Crippen LogP contribution in [-0.2, 0) is 0 Å². The largest absolute Gasteiger partial charge is 0.256 e. The van der Waals surface area contributed by atoms with E-state index in [1.165, 1.54) is 23.9 Å². The van der Waals surface area contributed by atoms with Gasteiger partial charge in [0, 0.05) is 22.9 Å². The maximum absolute atomic E-state index is 13.9. The summed E-state index contributed by atoms with van der Waals surface area (Å²) in [6, 6.07) is 22.2. The fourth-order valence-corrected chi connectivity index (χ4v) is 3.57. The zero-order valence-electron chi connectivity index (χ0n) is 14.6. The van der Waals surface area contributed by atoms with E-state index in [-0.39, 0.29) is 5.82 Å². The first kappa shape index (κ1) is 17.4. The lowest BCUT2D eigenvalue weighted by molar-refractivity contribution is 0.628. The van der Waals surface area contributed by atoms with E-state index in [0.717, 1.165) is 27.4 Å². The molecular weight excluding hydrogens is 357 g/mol. The number of pyridine rings is 1. The van der Waals surface area contributed by atoms with Gasteiger partial charge >= 0.3 is 0 Å². The molecule has 0 N–H and O–H groups in total. The van der Waals surface area contributed by atoms with Crippen molar-refractivity contribution in [3.8, 4) is 33.6 Å². The van der Waals surface area contributed by atoms with Gasteiger partial charge in [-0.1, -0.05) is 48.5 Å². The standard InChI is InChI=1S/C22H16FN3S/c1-27-22-20(18-12-5-6-13-24-18)19(15-8-3-2-4-9-15)21(25-26-22)16-10-7-11-17(23)14-16/h2-14H,1H3. The molecule has 2 heterocycles. The molecule has 0 fully saturated rings. The van der Waals surface area contributed by atoms with E-state index in [1.807, 2.05) is 60.9 Å². The van der Waals surface area contributed by atoms with Gasteiger partial charge in [-0.05, 0) is 36.1 Å². The van der Waals surface area contributed by atoms with Gasteiger partial charge in [0.1, 0.15) is 16.5 Å². The summed E-state index contributed by atoms with van der Waals surface area (Å²) in [5.41, 5.74) is 4.93. The summed E-state index contributed by atoms with van der Waals surface area (Å²) in [6.07, 6.45) is 3.73. The second kappa shape index (κ2) is 7.68. The van der Waals surface area contributed by atoms with Crippen LogP contribution in [0, 0.1) is 5.82 Å². The van der Waals surface area contributed by atoms with Crippen molar-refractivity contribution in [1.82, 2.24) is 15.2 Å². The number of nitrogens with zero attached hydrogens (tertiary/aromatic N) is 3. The van der Waals surface area contributed by atoms with E-state index < -0.39 is 0 Å². The summed E-state index contributed by atoms with van der Waals surface area (Å²) in [6.45, 7) is 0. The zero-order chi connectivity index (χ0) is 18.6. The van der Waals surface area contributed by atoms with Crippen LogP contribution in [-0.4, -0.2) is 21.4 Å². The van der Waals surface area contributed by atoms with Crippen molar-refractivity contribution in [1.29, 1.82) is 0 Å². The van der Waals surface area contributed by atoms with Crippen molar-refractivity contribution in [2.24, 2.45) is 0 Å². The summed E-state index contributed by atoms with van der Waals surface area (Å²) in [7, 11) is 0. The Hall–Kier alpha value is -3.05. The SMILES string of the molecule is CSc1nnc(-c2cccc(F)c2)c(-c2ccccc2)c1-c1ccccn1. The number of benzene rings is 2. The van der Waals surface area contributed by atoms with E-state index in [2.05, 4.69) is 15.2 Å². The molecule has 0 radical (unpaired) electrons. The van der Waals surface area contributed by atoms with Crippen molar-refractivity contribution < 1.29 is 4.39 Å². The highest BCUT2D eigenvalue weighted by atomic mass is 32.2. The lowest BCUT2D eigenvalue weighted by Crippen LogP contribution is -2.00. The maximum atomic E-state index is 13.9.